The van der Waals surface area contributed by atoms with Crippen LogP contribution in [-0.4, -0.2) is 32.3 Å². The van der Waals surface area contributed by atoms with Crippen LogP contribution in [-0.2, 0) is 16.4 Å². The summed E-state index contributed by atoms with van der Waals surface area (Å²) in [7, 11) is -3.26. The molecular weight excluding hydrogens is 422 g/mol. The zero-order valence-electron chi connectivity index (χ0n) is 13.7. The van der Waals surface area contributed by atoms with E-state index in [2.05, 4.69) is 15.9 Å². The smallest absolute Gasteiger partial charge is 0.234 e. The van der Waals surface area contributed by atoms with Gasteiger partial charge in [-0.15, -0.1) is 11.8 Å². The first-order valence-corrected chi connectivity index (χ1v) is 11.3. The Hall–Kier alpha value is -1.31. The van der Waals surface area contributed by atoms with Crippen molar-refractivity contribution in [3.8, 4) is 0 Å². The average Bonchev–Trinajstić information content (AvgIpc) is 3.04. The molecule has 2 aromatic rings. The summed E-state index contributed by atoms with van der Waals surface area (Å²) in [4.78, 5) is 13.5. The number of thioether (sulfide) groups is 1. The van der Waals surface area contributed by atoms with Gasteiger partial charge in [0.15, 0.2) is 5.78 Å². The monoisotopic (exact) mass is 439 g/mol. The first kappa shape index (κ1) is 18.5. The highest BCUT2D eigenvalue weighted by molar-refractivity contribution is 9.10. The number of halogens is 1. The lowest BCUT2D eigenvalue weighted by Crippen LogP contribution is -2.30. The molecule has 0 aromatic heterocycles. The molecule has 0 fully saturated rings. The molecule has 1 aliphatic rings. The summed E-state index contributed by atoms with van der Waals surface area (Å²) in [5.74, 6) is 0.467. The zero-order chi connectivity index (χ0) is 18.0. The van der Waals surface area contributed by atoms with Gasteiger partial charge < -0.3 is 0 Å². The number of Topliss-reactive ketones (excluding diaryl/α,β-unsaturated/α-hetero) is 1. The molecule has 0 bridgehead atoms. The van der Waals surface area contributed by atoms with E-state index in [4.69, 9.17) is 0 Å². The molecule has 3 rings (SSSR count). The molecular formula is C18H18BrNO3S2. The number of hydrogen-bond donors (Lipinski definition) is 0. The van der Waals surface area contributed by atoms with Gasteiger partial charge in [0.25, 0.3) is 0 Å². The first-order valence-electron chi connectivity index (χ1n) is 7.96. The van der Waals surface area contributed by atoms with Crippen LogP contribution in [0.2, 0.25) is 0 Å². The predicted molar refractivity (Wildman–Crippen MR) is 106 cm³/mol. The fraction of sp³-hybridized carbons (Fsp3) is 0.278. The van der Waals surface area contributed by atoms with Gasteiger partial charge in [-0.05, 0) is 65.2 Å². The summed E-state index contributed by atoms with van der Waals surface area (Å²) in [5.41, 5.74) is 2.26. The minimum atomic E-state index is -3.26. The maximum Gasteiger partial charge on any atom is 0.234 e. The average molecular weight is 440 g/mol. The van der Waals surface area contributed by atoms with Crippen molar-refractivity contribution in [2.24, 2.45) is 0 Å². The van der Waals surface area contributed by atoms with Crippen molar-refractivity contribution in [1.29, 1.82) is 0 Å². The van der Waals surface area contributed by atoms with E-state index in [9.17, 15) is 13.2 Å². The molecule has 0 amide bonds. The molecule has 1 aliphatic heterocycles. The topological polar surface area (TPSA) is 54.5 Å². The lowest BCUT2D eigenvalue weighted by molar-refractivity contribution is 0.102. The van der Waals surface area contributed by atoms with Crippen molar-refractivity contribution in [1.82, 2.24) is 0 Å². The highest BCUT2D eigenvalue weighted by atomic mass is 79.9. The Morgan fingerprint density at radius 3 is 2.72 bits per heavy atom. The van der Waals surface area contributed by atoms with Crippen LogP contribution in [0.25, 0.3) is 0 Å². The second-order valence-corrected chi connectivity index (χ2v) is 9.76. The fourth-order valence-corrected chi connectivity index (χ4v) is 5.40. The molecule has 4 nitrogen and oxygen atoms in total. The summed E-state index contributed by atoms with van der Waals surface area (Å²) in [5, 5.41) is 0. The normalized spacial score (nSPS) is 13.8. The van der Waals surface area contributed by atoms with E-state index in [1.807, 2.05) is 30.3 Å². The predicted octanol–water partition coefficient (Wildman–Crippen LogP) is 4.14. The third kappa shape index (κ3) is 3.93. The van der Waals surface area contributed by atoms with E-state index in [1.54, 1.807) is 19.1 Å². The van der Waals surface area contributed by atoms with E-state index < -0.39 is 10.0 Å². The molecule has 25 heavy (non-hydrogen) atoms. The minimum absolute atomic E-state index is 0.0420. The fourth-order valence-electron chi connectivity index (χ4n) is 2.78. The van der Waals surface area contributed by atoms with E-state index in [0.717, 1.165) is 14.9 Å². The molecule has 2 aromatic carbocycles. The summed E-state index contributed by atoms with van der Waals surface area (Å²) in [6.45, 7) is 2.10. The van der Waals surface area contributed by atoms with Crippen LogP contribution in [0.3, 0.4) is 0 Å². The van der Waals surface area contributed by atoms with Crippen molar-refractivity contribution in [3.05, 3.63) is 58.1 Å². The molecule has 0 saturated carbocycles. The van der Waals surface area contributed by atoms with Gasteiger partial charge in [-0.1, -0.05) is 12.1 Å². The van der Waals surface area contributed by atoms with Gasteiger partial charge in [-0.2, -0.15) is 0 Å². The number of carbonyl (C=O) groups is 1. The van der Waals surface area contributed by atoms with Gasteiger partial charge >= 0.3 is 0 Å². The first-order chi connectivity index (χ1) is 11.9. The van der Waals surface area contributed by atoms with Crippen LogP contribution < -0.4 is 4.31 Å². The maximum atomic E-state index is 12.5. The molecule has 0 atom stereocenters. The SMILES string of the molecule is CCS(=O)(=O)N1CCc2cc(C(=O)CSc3ccccc3Br)ccc21. The number of fused-ring (bicyclic) bond motifs is 1. The quantitative estimate of drug-likeness (QED) is 0.501. The molecule has 0 saturated heterocycles. The van der Waals surface area contributed by atoms with Gasteiger partial charge in [0.05, 0.1) is 17.2 Å². The van der Waals surface area contributed by atoms with Gasteiger partial charge in [-0.25, -0.2) is 8.42 Å². The van der Waals surface area contributed by atoms with E-state index in [-0.39, 0.29) is 11.5 Å². The van der Waals surface area contributed by atoms with E-state index in [0.29, 0.717) is 30.0 Å². The number of ketones is 1. The molecule has 7 heteroatoms. The van der Waals surface area contributed by atoms with Crippen LogP contribution in [0.4, 0.5) is 5.69 Å². The van der Waals surface area contributed by atoms with Crippen LogP contribution in [0, 0.1) is 0 Å². The summed E-state index contributed by atoms with van der Waals surface area (Å²) < 4.78 is 26.7. The number of rotatable bonds is 6. The van der Waals surface area contributed by atoms with Crippen LogP contribution in [0.15, 0.2) is 51.8 Å². The minimum Gasteiger partial charge on any atom is -0.293 e. The summed E-state index contributed by atoms with van der Waals surface area (Å²) >= 11 is 4.97. The van der Waals surface area contributed by atoms with Crippen molar-refractivity contribution in [2.75, 3.05) is 22.4 Å². The molecule has 0 unspecified atom stereocenters. The van der Waals surface area contributed by atoms with Crippen LogP contribution in [0.5, 0.6) is 0 Å². The Morgan fingerprint density at radius 1 is 1.24 bits per heavy atom. The molecule has 0 N–H and O–H groups in total. The molecule has 0 radical (unpaired) electrons. The second kappa shape index (κ2) is 7.51. The van der Waals surface area contributed by atoms with Gasteiger partial charge in [0.2, 0.25) is 10.0 Å². The second-order valence-electron chi connectivity index (χ2n) is 5.71. The Kier molecular flexibility index (Phi) is 5.55. The Balaban J connectivity index is 1.75. The molecule has 0 aliphatic carbocycles. The van der Waals surface area contributed by atoms with Crippen molar-refractivity contribution in [2.45, 2.75) is 18.2 Å². The van der Waals surface area contributed by atoms with Gasteiger partial charge in [0.1, 0.15) is 0 Å². The highest BCUT2D eigenvalue weighted by Crippen LogP contribution is 2.32. The lowest BCUT2D eigenvalue weighted by Gasteiger charge is -2.18. The van der Waals surface area contributed by atoms with Crippen molar-refractivity contribution >= 4 is 49.2 Å². The number of sulfonamides is 1. The third-order valence-corrected chi connectivity index (χ3v) is 7.96. The Labute approximate surface area is 160 Å². The highest BCUT2D eigenvalue weighted by Gasteiger charge is 2.28. The molecule has 132 valence electrons. The maximum absolute atomic E-state index is 12.5. The van der Waals surface area contributed by atoms with E-state index >= 15 is 0 Å². The number of carbonyl (C=O) groups excluding carboxylic acids is 1. The number of benzene rings is 2. The summed E-state index contributed by atoms with van der Waals surface area (Å²) in [6, 6.07) is 13.1. The summed E-state index contributed by atoms with van der Waals surface area (Å²) in [6.07, 6.45) is 0.646. The van der Waals surface area contributed by atoms with Crippen molar-refractivity contribution < 1.29 is 13.2 Å². The van der Waals surface area contributed by atoms with Crippen LogP contribution in [0.1, 0.15) is 22.8 Å². The van der Waals surface area contributed by atoms with Crippen molar-refractivity contribution in [3.63, 3.8) is 0 Å². The zero-order valence-corrected chi connectivity index (χ0v) is 17.0. The van der Waals surface area contributed by atoms with Crippen LogP contribution >= 0.6 is 27.7 Å². The van der Waals surface area contributed by atoms with E-state index in [1.165, 1.54) is 16.1 Å². The molecule has 1 heterocycles. The number of anilines is 1. The molecule has 0 spiro atoms. The lowest BCUT2D eigenvalue weighted by atomic mass is 10.1. The number of nitrogens with zero attached hydrogens (tertiary/aromatic N) is 1. The van der Waals surface area contributed by atoms with Gasteiger partial charge in [-0.3, -0.25) is 9.10 Å². The third-order valence-electron chi connectivity index (χ3n) is 4.15. The number of hydrogen-bond acceptors (Lipinski definition) is 4. The van der Waals surface area contributed by atoms with Gasteiger partial charge in [0, 0.05) is 21.5 Å². The Bertz CT molecular complexity index is 912. The largest absolute Gasteiger partial charge is 0.293 e. The Morgan fingerprint density at radius 2 is 2.00 bits per heavy atom. The standard InChI is InChI=1S/C18H18BrNO3S2/c1-2-25(22,23)20-10-9-13-11-14(7-8-16(13)20)17(21)12-24-18-6-4-3-5-15(18)19/h3-8,11H,2,9-10,12H2,1H3.